The van der Waals surface area contributed by atoms with Gasteiger partial charge in [-0.25, -0.2) is 0 Å². The van der Waals surface area contributed by atoms with E-state index in [1.54, 1.807) is 0 Å². The summed E-state index contributed by atoms with van der Waals surface area (Å²) in [5, 5.41) is 1.22. The van der Waals surface area contributed by atoms with E-state index in [4.69, 9.17) is 0 Å². The molecular weight excluding hydrogens is 1090 g/mol. The van der Waals surface area contributed by atoms with E-state index in [2.05, 4.69) is 71.9 Å². The lowest BCUT2D eigenvalue weighted by Crippen LogP contribution is -2.75. The van der Waals surface area contributed by atoms with Crippen molar-refractivity contribution in [3.63, 3.8) is 0 Å². The van der Waals surface area contributed by atoms with Crippen LogP contribution in [0, 0.1) is 0 Å². The van der Waals surface area contributed by atoms with E-state index < -0.39 is 195 Å². The van der Waals surface area contributed by atoms with Crippen LogP contribution in [0.3, 0.4) is 0 Å². The van der Waals surface area contributed by atoms with Gasteiger partial charge in [0, 0.05) is 28.0 Å². The summed E-state index contributed by atoms with van der Waals surface area (Å²) in [6.45, 7) is 0.893. The molecule has 27 heteroatoms. The highest BCUT2D eigenvalue weighted by Crippen LogP contribution is 2.41. The van der Waals surface area contributed by atoms with Gasteiger partial charge in [-0.15, -0.1) is 12.6 Å². The molecule has 1 aromatic heterocycles. The number of rotatable bonds is 6. The summed E-state index contributed by atoms with van der Waals surface area (Å²) in [4.78, 5) is 1.000. The van der Waals surface area contributed by atoms with Gasteiger partial charge in [0.05, 0.1) is 44.5 Å². The molecule has 1 heterocycles. The molecule has 400 valence electrons. The number of alkyl halides is 24. The van der Waals surface area contributed by atoms with Crippen LogP contribution >= 0.6 is 12.6 Å². The topological polar surface area (TPSA) is 3.88 Å². The predicted octanol–water partition coefficient (Wildman–Crippen LogP) is 14.7. The number of thiol groups is 1. The molecule has 0 bridgehead atoms. The lowest BCUT2D eigenvalue weighted by molar-refractivity contribution is -0.662. The van der Waals surface area contributed by atoms with Gasteiger partial charge in [-0.2, -0.15) is 132 Å². The molecule has 0 saturated carbocycles. The summed E-state index contributed by atoms with van der Waals surface area (Å²) in [6.07, 6.45) is -52.7. The van der Waals surface area contributed by atoms with E-state index in [-0.39, 0.29) is 0 Å². The third kappa shape index (κ3) is 13.1. The molecule has 0 amide bonds. The summed E-state index contributed by atoms with van der Waals surface area (Å²) in [6, 6.07) is 12.2. The molecular formula is C48H26BF24NS. The maximum atomic E-state index is 14.2. The third-order valence-electron chi connectivity index (χ3n) is 11.5. The Morgan fingerprint density at radius 3 is 0.867 bits per heavy atom. The number of benzene rings is 6. The molecule has 7 aromatic rings. The minimum atomic E-state index is -6.13. The van der Waals surface area contributed by atoms with Crippen LogP contribution in [0.2, 0.25) is 0 Å². The van der Waals surface area contributed by atoms with Gasteiger partial charge in [0.25, 0.3) is 0 Å². The molecule has 0 aliphatic rings. The Kier molecular flexibility index (Phi) is 15.3. The SMILES string of the molecule is FC(F)(F)c1cc([B-](c2cc(C(F)(F)F)cc(C(F)(F)F)c2)(c2cc(C(F)(F)F)cc(C(F)(F)F)c2)c2cc(C(F)(F)F)cc(C(F)(F)F)c2)cc(C(F)(F)F)c1.Sc1ccc2c(ccc[n+]2Cc2ccccc2)c1. The van der Waals surface area contributed by atoms with Crippen LogP contribution in [-0.4, -0.2) is 6.15 Å². The lowest BCUT2D eigenvalue weighted by atomic mass is 9.12. The average Bonchev–Trinajstić information content (AvgIpc) is 3.27. The smallest absolute Gasteiger partial charge is 0.194 e. The molecule has 0 saturated heterocycles. The Hall–Kier alpha value is -6.54. The fourth-order valence-electron chi connectivity index (χ4n) is 8.26. The van der Waals surface area contributed by atoms with Crippen LogP contribution in [0.4, 0.5) is 105 Å². The Morgan fingerprint density at radius 2 is 0.600 bits per heavy atom. The average molecular weight is 1120 g/mol. The van der Waals surface area contributed by atoms with Crippen LogP contribution < -0.4 is 26.4 Å². The first kappa shape index (κ1) is 57.7. The van der Waals surface area contributed by atoms with Crippen molar-refractivity contribution in [2.45, 2.75) is 60.9 Å². The van der Waals surface area contributed by atoms with Gasteiger partial charge < -0.3 is 0 Å². The van der Waals surface area contributed by atoms with Gasteiger partial charge in [-0.1, -0.05) is 78.9 Å². The standard InChI is InChI=1S/C32H12BF24.C16H13NS/c34-25(35,36)13-1-14(26(37,38)39)6-21(5-13)33(22-7-15(27(40,41)42)2-16(8-22)28(43,44)45,23-9-17(29(46,47)48)3-18(10-23)30(49,50)51)24-11-19(31(52,53)54)4-20(12-24)32(55,56)57;18-15-8-9-16-14(11-15)7-4-10-17(16)12-13-5-2-1-3-6-13/h1-12H;1-11H,12H2/q-1;/p+1. The largest absolute Gasteiger partial charge is 0.416 e. The predicted molar refractivity (Wildman–Crippen MR) is 227 cm³/mol. The minimum absolute atomic E-state index is 0.691. The van der Waals surface area contributed by atoms with Crippen LogP contribution in [0.25, 0.3) is 10.9 Å². The molecule has 0 N–H and O–H groups in total. The number of halogens is 24. The summed E-state index contributed by atoms with van der Waals surface area (Å²) in [5.41, 5.74) is -27.7. The molecule has 0 unspecified atom stereocenters. The highest BCUT2D eigenvalue weighted by atomic mass is 32.1. The van der Waals surface area contributed by atoms with E-state index >= 15 is 0 Å². The molecule has 0 atom stereocenters. The van der Waals surface area contributed by atoms with Crippen molar-refractivity contribution >= 4 is 51.5 Å². The molecule has 0 aliphatic carbocycles. The Bertz CT molecular complexity index is 2760. The second kappa shape index (κ2) is 19.9. The zero-order chi connectivity index (χ0) is 56.3. The second-order valence-corrected chi connectivity index (χ2v) is 17.1. The molecule has 0 aliphatic heterocycles. The van der Waals surface area contributed by atoms with Crippen LogP contribution in [-0.2, 0) is 56.0 Å². The molecule has 6 aromatic carbocycles. The Balaban J connectivity index is 0.000000421. The summed E-state index contributed by atoms with van der Waals surface area (Å²) in [7, 11) is 0. The summed E-state index contributed by atoms with van der Waals surface area (Å²) < 4.78 is 343. The number of aromatic nitrogens is 1. The van der Waals surface area contributed by atoms with Gasteiger partial charge >= 0.3 is 49.4 Å². The van der Waals surface area contributed by atoms with Crippen LogP contribution in [0.15, 0.2) is 145 Å². The highest BCUT2D eigenvalue weighted by molar-refractivity contribution is 7.80. The Morgan fingerprint density at radius 1 is 0.320 bits per heavy atom. The van der Waals surface area contributed by atoms with Gasteiger partial charge in [0.1, 0.15) is 6.15 Å². The molecule has 0 spiro atoms. The number of hydrogen-bond acceptors (Lipinski definition) is 1. The first-order valence-electron chi connectivity index (χ1n) is 20.6. The van der Waals surface area contributed by atoms with E-state index in [1.807, 2.05) is 12.1 Å². The zero-order valence-corrected chi connectivity index (χ0v) is 37.4. The van der Waals surface area contributed by atoms with Crippen molar-refractivity contribution in [2.24, 2.45) is 0 Å². The highest BCUT2D eigenvalue weighted by Gasteiger charge is 2.47. The van der Waals surface area contributed by atoms with Crippen molar-refractivity contribution < 1.29 is 110 Å². The fraction of sp³-hybridized carbons (Fsp3) is 0.188. The van der Waals surface area contributed by atoms with Gasteiger partial charge in [-0.05, 0) is 42.5 Å². The van der Waals surface area contributed by atoms with Crippen molar-refractivity contribution in [2.75, 3.05) is 0 Å². The van der Waals surface area contributed by atoms with Crippen molar-refractivity contribution in [1.29, 1.82) is 0 Å². The first-order chi connectivity index (χ1) is 34.1. The second-order valence-electron chi connectivity index (χ2n) is 16.6. The van der Waals surface area contributed by atoms with Gasteiger partial charge in [0.15, 0.2) is 12.7 Å². The van der Waals surface area contributed by atoms with E-state index in [1.165, 1.54) is 16.5 Å². The van der Waals surface area contributed by atoms with Crippen LogP contribution in [0.5, 0.6) is 0 Å². The van der Waals surface area contributed by atoms with Crippen molar-refractivity contribution in [3.8, 4) is 0 Å². The number of pyridine rings is 1. The zero-order valence-electron chi connectivity index (χ0n) is 36.5. The van der Waals surface area contributed by atoms with Gasteiger partial charge in [0.2, 0.25) is 5.52 Å². The fourth-order valence-corrected chi connectivity index (χ4v) is 8.47. The maximum Gasteiger partial charge on any atom is 0.416 e. The van der Waals surface area contributed by atoms with Crippen molar-refractivity contribution in [3.05, 3.63) is 190 Å². The van der Waals surface area contributed by atoms with E-state index in [0.29, 0.717) is 0 Å². The van der Waals surface area contributed by atoms with Crippen LogP contribution in [0.1, 0.15) is 50.1 Å². The number of hydrogen-bond donors (Lipinski definition) is 1. The Labute approximate surface area is 411 Å². The third-order valence-corrected chi connectivity index (χ3v) is 11.8. The summed E-state index contributed by atoms with van der Waals surface area (Å²) >= 11 is 4.38. The molecule has 0 radical (unpaired) electrons. The normalized spacial score (nSPS) is 13.5. The van der Waals surface area contributed by atoms with E-state index in [0.717, 1.165) is 11.4 Å². The molecule has 0 fully saturated rings. The maximum absolute atomic E-state index is 14.2. The quantitative estimate of drug-likeness (QED) is 0.0732. The van der Waals surface area contributed by atoms with Gasteiger partial charge in [-0.3, -0.25) is 0 Å². The molecule has 75 heavy (non-hydrogen) atoms. The first-order valence-corrected chi connectivity index (χ1v) is 21.0. The monoisotopic (exact) mass is 1120 g/mol. The number of nitrogens with zero attached hydrogens (tertiary/aromatic N) is 1. The van der Waals surface area contributed by atoms with E-state index in [9.17, 15) is 105 Å². The molecule has 7 rings (SSSR count). The lowest BCUT2D eigenvalue weighted by Gasteiger charge is -2.46. The van der Waals surface area contributed by atoms with Crippen molar-refractivity contribution in [1.82, 2.24) is 0 Å². The number of fused-ring (bicyclic) bond motifs is 1. The minimum Gasteiger partial charge on any atom is -0.194 e. The summed E-state index contributed by atoms with van der Waals surface area (Å²) in [5.74, 6) is 0. The molecule has 1 nitrogen and oxygen atoms in total.